The van der Waals surface area contributed by atoms with Crippen molar-refractivity contribution in [2.45, 2.75) is 38.8 Å². The first kappa shape index (κ1) is 17.2. The third-order valence-electron chi connectivity index (χ3n) is 2.98. The molecule has 0 spiro atoms. The van der Waals surface area contributed by atoms with Crippen LogP contribution in [0.15, 0.2) is 0 Å². The molecule has 0 aromatic carbocycles. The second-order valence-corrected chi connectivity index (χ2v) is 5.22. The van der Waals surface area contributed by atoms with Gasteiger partial charge in [0.15, 0.2) is 0 Å². The first-order valence-electron chi connectivity index (χ1n) is 7.03. The van der Waals surface area contributed by atoms with E-state index in [9.17, 15) is 14.4 Å². The predicted octanol–water partition coefficient (Wildman–Crippen LogP) is -0.214. The van der Waals surface area contributed by atoms with Gasteiger partial charge in [-0.15, -0.1) is 0 Å². The minimum absolute atomic E-state index is 0.0624. The zero-order valence-electron chi connectivity index (χ0n) is 12.4. The van der Waals surface area contributed by atoms with Gasteiger partial charge < -0.3 is 25.4 Å². The molecule has 0 bridgehead atoms. The van der Waals surface area contributed by atoms with Gasteiger partial charge in [-0.1, -0.05) is 0 Å². The summed E-state index contributed by atoms with van der Waals surface area (Å²) in [6.07, 6.45) is 0.0408. The molecule has 1 aliphatic heterocycles. The maximum Gasteiger partial charge on any atom is 0.317 e. The molecule has 1 unspecified atom stereocenters. The lowest BCUT2D eigenvalue weighted by Gasteiger charge is -2.34. The van der Waals surface area contributed by atoms with Crippen LogP contribution in [0.25, 0.3) is 0 Å². The van der Waals surface area contributed by atoms with Crippen LogP contribution in [0.2, 0.25) is 0 Å². The van der Waals surface area contributed by atoms with Crippen molar-refractivity contribution < 1.29 is 24.2 Å². The summed E-state index contributed by atoms with van der Waals surface area (Å²) in [6.45, 7) is 4.89. The van der Waals surface area contributed by atoms with Crippen LogP contribution < -0.4 is 10.6 Å². The Bertz CT molecular complexity index is 386. The van der Waals surface area contributed by atoms with Crippen molar-refractivity contribution in [3.05, 3.63) is 0 Å². The number of nitrogens with one attached hydrogen (secondary N) is 2. The number of amides is 3. The average molecular weight is 301 g/mol. The molecule has 8 heteroatoms. The fourth-order valence-corrected chi connectivity index (χ4v) is 2.07. The molecule has 0 radical (unpaired) electrons. The number of nitrogens with zero attached hydrogens (tertiary/aromatic N) is 1. The lowest BCUT2D eigenvalue weighted by Crippen LogP contribution is -2.53. The van der Waals surface area contributed by atoms with Gasteiger partial charge in [-0.3, -0.25) is 9.59 Å². The van der Waals surface area contributed by atoms with Crippen LogP contribution in [0, 0.1) is 0 Å². The monoisotopic (exact) mass is 301 g/mol. The molecule has 1 atom stereocenters. The Hall–Kier alpha value is -1.83. The Morgan fingerprint density at radius 2 is 2.10 bits per heavy atom. The summed E-state index contributed by atoms with van der Waals surface area (Å²) >= 11 is 0. The van der Waals surface area contributed by atoms with E-state index in [2.05, 4.69) is 10.6 Å². The third-order valence-corrected chi connectivity index (χ3v) is 2.98. The number of hydrogen-bond donors (Lipinski definition) is 3. The molecular formula is C13H23N3O5. The Morgan fingerprint density at radius 1 is 1.38 bits per heavy atom. The Morgan fingerprint density at radius 3 is 2.71 bits per heavy atom. The van der Waals surface area contributed by atoms with Gasteiger partial charge in [0.2, 0.25) is 5.91 Å². The summed E-state index contributed by atoms with van der Waals surface area (Å²) in [7, 11) is 0. The summed E-state index contributed by atoms with van der Waals surface area (Å²) in [5.41, 5.74) is 0. The van der Waals surface area contributed by atoms with E-state index >= 15 is 0 Å². The van der Waals surface area contributed by atoms with E-state index in [0.717, 1.165) is 0 Å². The highest BCUT2D eigenvalue weighted by Crippen LogP contribution is 2.10. The average Bonchev–Trinajstić information content (AvgIpc) is 2.37. The van der Waals surface area contributed by atoms with Crippen LogP contribution in [-0.4, -0.2) is 66.3 Å². The van der Waals surface area contributed by atoms with Crippen LogP contribution >= 0.6 is 0 Å². The van der Waals surface area contributed by atoms with Crippen LogP contribution in [0.1, 0.15) is 26.7 Å². The number of hydrogen-bond acceptors (Lipinski definition) is 4. The lowest BCUT2D eigenvalue weighted by molar-refractivity contribution is -0.139. The summed E-state index contributed by atoms with van der Waals surface area (Å²) < 4.78 is 5.20. The van der Waals surface area contributed by atoms with Crippen LogP contribution in [0.3, 0.4) is 0 Å². The number of ether oxygens (including phenoxy) is 1. The van der Waals surface area contributed by atoms with Crippen molar-refractivity contribution in [3.63, 3.8) is 0 Å². The van der Waals surface area contributed by atoms with Crippen molar-refractivity contribution in [2.24, 2.45) is 0 Å². The van der Waals surface area contributed by atoms with Crippen LogP contribution in [0.4, 0.5) is 4.79 Å². The molecule has 3 amide bonds. The molecule has 1 saturated heterocycles. The molecule has 3 N–H and O–H groups in total. The number of morpholine rings is 1. The van der Waals surface area contributed by atoms with Gasteiger partial charge in [0.25, 0.3) is 0 Å². The minimum atomic E-state index is -0.973. The molecule has 0 saturated carbocycles. The lowest BCUT2D eigenvalue weighted by atomic mass is 10.1. The smallest absolute Gasteiger partial charge is 0.317 e. The fourth-order valence-electron chi connectivity index (χ4n) is 2.07. The van der Waals surface area contributed by atoms with E-state index in [0.29, 0.717) is 13.2 Å². The Labute approximate surface area is 123 Å². The van der Waals surface area contributed by atoms with E-state index in [1.807, 2.05) is 13.8 Å². The van der Waals surface area contributed by atoms with E-state index in [1.54, 1.807) is 0 Å². The molecule has 1 rings (SSSR count). The van der Waals surface area contributed by atoms with Gasteiger partial charge in [-0.2, -0.15) is 0 Å². The van der Waals surface area contributed by atoms with E-state index < -0.39 is 12.0 Å². The minimum Gasteiger partial charge on any atom is -0.481 e. The number of carbonyl (C=O) groups is 3. The molecule has 21 heavy (non-hydrogen) atoms. The topological polar surface area (TPSA) is 108 Å². The number of rotatable bonds is 6. The molecular weight excluding hydrogens is 278 g/mol. The van der Waals surface area contributed by atoms with Gasteiger partial charge in [0.05, 0.1) is 25.7 Å². The summed E-state index contributed by atoms with van der Waals surface area (Å²) in [6, 6.07) is -0.768. The quantitative estimate of drug-likeness (QED) is 0.629. The van der Waals surface area contributed by atoms with Gasteiger partial charge in [-0.25, -0.2) is 4.79 Å². The zero-order chi connectivity index (χ0) is 15.8. The standard InChI is InChI=1S/C13H23N3O5/c1-9(2)15-11(17)3-4-14-13(20)16-5-6-21-8-10(16)7-12(18)19/h9-10H,3-8H2,1-2H3,(H,14,20)(H,15,17)(H,18,19). The number of urea groups is 1. The highest BCUT2D eigenvalue weighted by molar-refractivity contribution is 5.79. The molecule has 1 heterocycles. The number of aliphatic carboxylic acids is 1. The molecule has 1 aliphatic rings. The van der Waals surface area contributed by atoms with E-state index in [4.69, 9.17) is 9.84 Å². The summed E-state index contributed by atoms with van der Waals surface area (Å²) in [4.78, 5) is 35.7. The van der Waals surface area contributed by atoms with Gasteiger partial charge >= 0.3 is 12.0 Å². The molecule has 1 fully saturated rings. The summed E-state index contributed by atoms with van der Waals surface area (Å²) in [5, 5.41) is 14.2. The van der Waals surface area contributed by atoms with Crippen molar-refractivity contribution in [3.8, 4) is 0 Å². The van der Waals surface area contributed by atoms with Crippen molar-refractivity contribution in [1.29, 1.82) is 0 Å². The Kier molecular flexibility index (Phi) is 6.93. The van der Waals surface area contributed by atoms with Crippen LogP contribution in [0.5, 0.6) is 0 Å². The van der Waals surface area contributed by atoms with E-state index in [1.165, 1.54) is 4.90 Å². The highest BCUT2D eigenvalue weighted by atomic mass is 16.5. The molecule has 8 nitrogen and oxygen atoms in total. The first-order chi connectivity index (χ1) is 9.90. The third kappa shape index (κ3) is 6.44. The van der Waals surface area contributed by atoms with Crippen LogP contribution in [-0.2, 0) is 14.3 Å². The summed E-state index contributed by atoms with van der Waals surface area (Å²) in [5.74, 6) is -1.10. The predicted molar refractivity (Wildman–Crippen MR) is 74.9 cm³/mol. The van der Waals surface area contributed by atoms with Crippen molar-refractivity contribution >= 4 is 17.9 Å². The second kappa shape index (κ2) is 8.46. The van der Waals surface area contributed by atoms with Gasteiger partial charge in [0, 0.05) is 25.6 Å². The maximum absolute atomic E-state index is 12.0. The molecule has 120 valence electrons. The first-order valence-corrected chi connectivity index (χ1v) is 7.03. The maximum atomic E-state index is 12.0. The molecule has 0 aromatic rings. The van der Waals surface area contributed by atoms with Gasteiger partial charge in [0.1, 0.15) is 0 Å². The second-order valence-electron chi connectivity index (χ2n) is 5.22. The zero-order valence-corrected chi connectivity index (χ0v) is 12.4. The normalized spacial score (nSPS) is 18.4. The van der Waals surface area contributed by atoms with Crippen molar-refractivity contribution in [1.82, 2.24) is 15.5 Å². The largest absolute Gasteiger partial charge is 0.481 e. The Balaban J connectivity index is 2.38. The number of carboxylic acids is 1. The molecule has 0 aromatic heterocycles. The molecule has 0 aliphatic carbocycles. The number of carbonyl (C=O) groups excluding carboxylic acids is 2. The van der Waals surface area contributed by atoms with Gasteiger partial charge in [-0.05, 0) is 13.8 Å². The number of carboxylic acid groups (broad SMARTS) is 1. The highest BCUT2D eigenvalue weighted by Gasteiger charge is 2.28. The fraction of sp³-hybridized carbons (Fsp3) is 0.769. The van der Waals surface area contributed by atoms with E-state index in [-0.39, 0.29) is 44.0 Å². The SMILES string of the molecule is CC(C)NC(=O)CCNC(=O)N1CCOCC1CC(=O)O. The van der Waals surface area contributed by atoms with Crippen molar-refractivity contribution in [2.75, 3.05) is 26.3 Å².